The second-order valence-electron chi connectivity index (χ2n) is 14.1. The molecule has 0 aliphatic carbocycles. The van der Waals surface area contributed by atoms with E-state index in [0.717, 1.165) is 72.3 Å². The van der Waals surface area contributed by atoms with Gasteiger partial charge in [-0.1, -0.05) is 152 Å². The first-order chi connectivity index (χ1) is 27.7. The maximum absolute atomic E-state index is 6.54. The predicted molar refractivity (Wildman–Crippen MR) is 235 cm³/mol. The summed E-state index contributed by atoms with van der Waals surface area (Å²) in [5.41, 5.74) is 13.2. The van der Waals surface area contributed by atoms with Gasteiger partial charge in [-0.15, -0.1) is 11.3 Å². The van der Waals surface area contributed by atoms with Crippen molar-refractivity contribution < 1.29 is 4.42 Å². The number of furan rings is 1. The monoisotopic (exact) mass is 732 g/mol. The number of thiophene rings is 1. The quantitative estimate of drug-likeness (QED) is 0.171. The molecule has 0 fully saturated rings. The Morgan fingerprint density at radius 3 is 1.77 bits per heavy atom. The lowest BCUT2D eigenvalue weighted by molar-refractivity contribution is 0.670. The van der Waals surface area contributed by atoms with E-state index in [1.807, 2.05) is 41.7 Å². The molecular weight excluding hydrogens is 701 g/mol. The summed E-state index contributed by atoms with van der Waals surface area (Å²) in [5.74, 6) is 0.683. The fourth-order valence-corrected chi connectivity index (χ4v) is 9.13. The Balaban J connectivity index is 1.08. The van der Waals surface area contributed by atoms with Crippen molar-refractivity contribution >= 4 is 53.4 Å². The minimum atomic E-state index is 0.683. The Morgan fingerprint density at radius 2 is 0.946 bits per heavy atom. The van der Waals surface area contributed by atoms with E-state index >= 15 is 0 Å². The van der Waals surface area contributed by atoms with Crippen LogP contribution in [-0.4, -0.2) is 9.97 Å². The van der Waals surface area contributed by atoms with E-state index in [0.29, 0.717) is 5.82 Å². The first kappa shape index (κ1) is 32.3. The second kappa shape index (κ2) is 13.3. The minimum Gasteiger partial charge on any atom is -0.455 e. The number of hydrogen-bond acceptors (Lipinski definition) is 4. The summed E-state index contributed by atoms with van der Waals surface area (Å²) in [6, 6.07) is 68.5. The maximum Gasteiger partial charge on any atom is 0.160 e. The number of fused-ring (bicyclic) bond motifs is 6. The van der Waals surface area contributed by atoms with E-state index in [9.17, 15) is 0 Å². The largest absolute Gasteiger partial charge is 0.455 e. The molecule has 0 N–H and O–H groups in total. The Kier molecular flexibility index (Phi) is 7.68. The van der Waals surface area contributed by atoms with Crippen molar-refractivity contribution in [3.63, 3.8) is 0 Å². The zero-order valence-electron chi connectivity index (χ0n) is 30.2. The maximum atomic E-state index is 6.54. The molecular formula is C52H32N2OS. The van der Waals surface area contributed by atoms with E-state index in [4.69, 9.17) is 14.4 Å². The van der Waals surface area contributed by atoms with Crippen molar-refractivity contribution in [1.29, 1.82) is 0 Å². The van der Waals surface area contributed by atoms with Crippen molar-refractivity contribution in [3.05, 3.63) is 194 Å². The predicted octanol–water partition coefficient (Wildman–Crippen LogP) is 14.7. The highest BCUT2D eigenvalue weighted by atomic mass is 32.1. The van der Waals surface area contributed by atoms with Crippen LogP contribution in [-0.2, 0) is 0 Å². The molecule has 0 saturated carbocycles. The Morgan fingerprint density at radius 1 is 0.357 bits per heavy atom. The molecule has 56 heavy (non-hydrogen) atoms. The Labute approximate surface area is 327 Å². The van der Waals surface area contributed by atoms with Crippen molar-refractivity contribution in [2.24, 2.45) is 0 Å². The molecule has 0 saturated heterocycles. The lowest BCUT2D eigenvalue weighted by atomic mass is 9.93. The van der Waals surface area contributed by atoms with E-state index in [2.05, 4.69) is 164 Å². The van der Waals surface area contributed by atoms with Gasteiger partial charge in [0.1, 0.15) is 11.2 Å². The molecule has 4 heteroatoms. The third kappa shape index (κ3) is 5.58. The average molecular weight is 733 g/mol. The summed E-state index contributed by atoms with van der Waals surface area (Å²) in [4.78, 5) is 10.4. The number of aromatic nitrogens is 2. The molecule has 0 bridgehead atoms. The van der Waals surface area contributed by atoms with Gasteiger partial charge in [-0.25, -0.2) is 9.97 Å². The van der Waals surface area contributed by atoms with Gasteiger partial charge in [-0.3, -0.25) is 0 Å². The number of nitrogens with zero attached hydrogens (tertiary/aromatic N) is 2. The highest BCUT2D eigenvalue weighted by Gasteiger charge is 2.17. The smallest absolute Gasteiger partial charge is 0.160 e. The first-order valence-corrected chi connectivity index (χ1v) is 19.6. The lowest BCUT2D eigenvalue weighted by Gasteiger charge is -2.14. The van der Waals surface area contributed by atoms with Crippen molar-refractivity contribution in [1.82, 2.24) is 9.97 Å². The molecule has 3 heterocycles. The zero-order valence-corrected chi connectivity index (χ0v) is 31.0. The van der Waals surface area contributed by atoms with E-state index < -0.39 is 0 Å². The lowest BCUT2D eigenvalue weighted by Crippen LogP contribution is -1.96. The first-order valence-electron chi connectivity index (χ1n) is 18.8. The van der Waals surface area contributed by atoms with Gasteiger partial charge in [0.15, 0.2) is 5.82 Å². The van der Waals surface area contributed by atoms with E-state index in [1.165, 1.54) is 31.3 Å². The van der Waals surface area contributed by atoms with Gasteiger partial charge >= 0.3 is 0 Å². The minimum absolute atomic E-state index is 0.683. The van der Waals surface area contributed by atoms with Gasteiger partial charge in [-0.05, 0) is 70.3 Å². The molecule has 8 aromatic carbocycles. The third-order valence-electron chi connectivity index (χ3n) is 10.7. The standard InChI is InChI=1S/C52H32N2OS/c1-3-13-33(14-4-1)37-29-38(41-20-11-21-43-42-17-7-9-22-47(42)55-51(41)43)31-39(30-37)46-32-45(53-52(54-46)36-15-5-2-6-16-36)35-27-25-34(26-28-35)40-19-12-24-49-50(40)44-18-8-10-23-48(44)56-49/h1-32H. The Bertz CT molecular complexity index is 3240. The normalized spacial score (nSPS) is 11.6. The zero-order chi connectivity index (χ0) is 37.0. The summed E-state index contributed by atoms with van der Waals surface area (Å²) < 4.78 is 9.15. The summed E-state index contributed by atoms with van der Waals surface area (Å²) in [7, 11) is 0. The van der Waals surface area contributed by atoms with Crippen LogP contribution < -0.4 is 0 Å². The number of para-hydroxylation sites is 2. The number of benzene rings is 8. The fourth-order valence-electron chi connectivity index (χ4n) is 8.00. The molecule has 0 aliphatic heterocycles. The molecule has 262 valence electrons. The third-order valence-corrected chi connectivity index (χ3v) is 11.8. The summed E-state index contributed by atoms with van der Waals surface area (Å²) >= 11 is 1.85. The van der Waals surface area contributed by atoms with Gasteiger partial charge in [0.05, 0.1) is 11.4 Å². The molecule has 0 unspecified atom stereocenters. The SMILES string of the molecule is c1ccc(-c2cc(-c3cc(-c4ccc(-c5cccc6sc7ccccc7c56)cc4)nc(-c4ccccc4)n3)cc(-c3cccc4c3oc3ccccc34)c2)cc1. The summed E-state index contributed by atoms with van der Waals surface area (Å²) in [6.07, 6.45) is 0. The van der Waals surface area contributed by atoms with Crippen LogP contribution in [0.1, 0.15) is 0 Å². The molecule has 11 aromatic rings. The van der Waals surface area contributed by atoms with Gasteiger partial charge in [0, 0.05) is 53.2 Å². The van der Waals surface area contributed by atoms with Crippen LogP contribution in [0, 0.1) is 0 Å². The molecule has 11 rings (SSSR count). The van der Waals surface area contributed by atoms with Crippen molar-refractivity contribution in [3.8, 4) is 67.3 Å². The average Bonchev–Trinajstić information content (AvgIpc) is 3.86. The fraction of sp³-hybridized carbons (Fsp3) is 0. The van der Waals surface area contributed by atoms with Gasteiger partial charge in [0.25, 0.3) is 0 Å². The van der Waals surface area contributed by atoms with Gasteiger partial charge < -0.3 is 4.42 Å². The van der Waals surface area contributed by atoms with Crippen LogP contribution in [0.4, 0.5) is 0 Å². The summed E-state index contributed by atoms with van der Waals surface area (Å²) in [6.45, 7) is 0. The van der Waals surface area contributed by atoms with Crippen molar-refractivity contribution in [2.75, 3.05) is 0 Å². The number of rotatable bonds is 6. The number of hydrogen-bond donors (Lipinski definition) is 0. The second-order valence-corrected chi connectivity index (χ2v) is 15.2. The topological polar surface area (TPSA) is 38.9 Å². The van der Waals surface area contributed by atoms with Crippen LogP contribution >= 0.6 is 11.3 Å². The summed E-state index contributed by atoms with van der Waals surface area (Å²) in [5, 5.41) is 4.83. The van der Waals surface area contributed by atoms with Gasteiger partial charge in [0.2, 0.25) is 0 Å². The van der Waals surface area contributed by atoms with Crippen LogP contribution in [0.15, 0.2) is 199 Å². The van der Waals surface area contributed by atoms with Crippen LogP contribution in [0.3, 0.4) is 0 Å². The molecule has 0 spiro atoms. The molecule has 3 nitrogen and oxygen atoms in total. The molecule has 0 aliphatic rings. The van der Waals surface area contributed by atoms with Crippen LogP contribution in [0.2, 0.25) is 0 Å². The highest BCUT2D eigenvalue weighted by Crippen LogP contribution is 2.42. The highest BCUT2D eigenvalue weighted by molar-refractivity contribution is 7.25. The van der Waals surface area contributed by atoms with Crippen molar-refractivity contribution in [2.45, 2.75) is 0 Å². The molecule has 0 radical (unpaired) electrons. The van der Waals surface area contributed by atoms with Gasteiger partial charge in [-0.2, -0.15) is 0 Å². The van der Waals surface area contributed by atoms with Crippen LogP contribution in [0.25, 0.3) is 109 Å². The molecule has 0 amide bonds. The molecule has 0 atom stereocenters. The Hall–Kier alpha value is -7.14. The molecule has 3 aromatic heterocycles. The van der Waals surface area contributed by atoms with E-state index in [-0.39, 0.29) is 0 Å². The van der Waals surface area contributed by atoms with Crippen LogP contribution in [0.5, 0.6) is 0 Å². The van der Waals surface area contributed by atoms with E-state index in [1.54, 1.807) is 0 Å².